The Bertz CT molecular complexity index is 2040. The molecule has 234 valence electrons. The molecule has 1 unspecified atom stereocenters. The van der Waals surface area contributed by atoms with Crippen molar-refractivity contribution in [1.82, 2.24) is 15.3 Å². The second kappa shape index (κ2) is 12.0. The summed E-state index contributed by atoms with van der Waals surface area (Å²) < 4.78 is 18.7. The number of amides is 3. The first kappa shape index (κ1) is 30.4. The van der Waals surface area contributed by atoms with Crippen LogP contribution in [0.2, 0.25) is 0 Å². The lowest BCUT2D eigenvalue weighted by Gasteiger charge is -2.15. The smallest absolute Gasteiger partial charge is 0.259 e. The second-order valence-corrected chi connectivity index (χ2v) is 11.2. The minimum Gasteiger partial charge on any atom is -0.496 e. The van der Waals surface area contributed by atoms with Crippen LogP contribution >= 0.6 is 0 Å². The van der Waals surface area contributed by atoms with Crippen molar-refractivity contribution in [2.75, 3.05) is 17.7 Å². The predicted molar refractivity (Wildman–Crippen MR) is 174 cm³/mol. The van der Waals surface area contributed by atoms with Gasteiger partial charge >= 0.3 is 0 Å². The minimum atomic E-state index is -1.48. The normalized spacial score (nSPS) is 14.6. The number of aryl methyl sites for hydroxylation is 1. The van der Waals surface area contributed by atoms with Crippen LogP contribution in [0.3, 0.4) is 0 Å². The number of aromatic amines is 2. The molecule has 0 radical (unpaired) electrons. The maximum absolute atomic E-state index is 13.3. The monoisotopic (exact) mass is 621 g/mol. The maximum Gasteiger partial charge on any atom is 0.259 e. The summed E-state index contributed by atoms with van der Waals surface area (Å²) in [6.45, 7) is 5.37. The second-order valence-electron chi connectivity index (χ2n) is 11.2. The lowest BCUT2D eigenvalue weighted by molar-refractivity contribution is -0.124. The van der Waals surface area contributed by atoms with Gasteiger partial charge in [-0.1, -0.05) is 18.2 Å². The first-order chi connectivity index (χ1) is 22.0. The number of nitrogens with one attached hydrogen (secondary N) is 5. The fraction of sp³-hybridized carbons (Fsp3) is 0.171. The van der Waals surface area contributed by atoms with Crippen molar-refractivity contribution in [1.29, 1.82) is 0 Å². The van der Waals surface area contributed by atoms with Gasteiger partial charge in [0, 0.05) is 39.1 Å². The Balaban J connectivity index is 1.22. The van der Waals surface area contributed by atoms with Crippen LogP contribution in [-0.4, -0.2) is 39.9 Å². The molecule has 6 N–H and O–H groups in total. The van der Waals surface area contributed by atoms with Gasteiger partial charge < -0.3 is 35.8 Å². The highest BCUT2D eigenvalue weighted by Crippen LogP contribution is 2.36. The van der Waals surface area contributed by atoms with Crippen LogP contribution in [0.25, 0.3) is 22.6 Å². The highest BCUT2D eigenvalue weighted by atomic mass is 19.1. The molecule has 3 aromatic carbocycles. The topological polar surface area (TPSA) is 148 Å². The van der Waals surface area contributed by atoms with Crippen molar-refractivity contribution in [2.24, 2.45) is 0 Å². The van der Waals surface area contributed by atoms with Crippen LogP contribution in [0.5, 0.6) is 5.75 Å². The summed E-state index contributed by atoms with van der Waals surface area (Å²) in [6.07, 6.45) is 0.193. The molecule has 0 bridgehead atoms. The number of aromatic nitrogens is 2. The molecule has 0 saturated carbocycles. The first-order valence-electron chi connectivity index (χ1n) is 14.6. The van der Waals surface area contributed by atoms with Gasteiger partial charge in [0.25, 0.3) is 17.7 Å². The van der Waals surface area contributed by atoms with Crippen molar-refractivity contribution in [2.45, 2.75) is 32.9 Å². The summed E-state index contributed by atoms with van der Waals surface area (Å²) in [4.78, 5) is 45.5. The molecule has 2 aromatic heterocycles. The van der Waals surface area contributed by atoms with E-state index in [0.29, 0.717) is 56.5 Å². The van der Waals surface area contributed by atoms with Crippen molar-refractivity contribution in [3.05, 3.63) is 112 Å². The number of hydrogen-bond donors (Lipinski definition) is 6. The quantitative estimate of drug-likeness (QED) is 0.119. The van der Waals surface area contributed by atoms with Crippen molar-refractivity contribution in [3.8, 4) is 5.75 Å². The number of fused-ring (bicyclic) bond motifs is 2. The molecule has 5 aromatic rings. The van der Waals surface area contributed by atoms with Gasteiger partial charge in [-0.05, 0) is 86.5 Å². The Morgan fingerprint density at radius 3 is 2.52 bits per heavy atom. The number of halogens is 1. The first-order valence-corrected chi connectivity index (χ1v) is 14.6. The molecular formula is C35H32FN5O5. The average molecular weight is 622 g/mol. The Morgan fingerprint density at radius 2 is 1.78 bits per heavy atom. The van der Waals surface area contributed by atoms with Gasteiger partial charge in [-0.25, -0.2) is 4.39 Å². The van der Waals surface area contributed by atoms with Crippen LogP contribution in [-0.2, 0) is 9.59 Å². The van der Waals surface area contributed by atoms with Crippen LogP contribution in [0.1, 0.15) is 63.2 Å². The number of carbonyl (C=O) groups is 3. The summed E-state index contributed by atoms with van der Waals surface area (Å²) in [6, 6.07) is 17.6. The molecule has 0 aliphatic carbocycles. The fourth-order valence-electron chi connectivity index (χ4n) is 5.64. The zero-order chi connectivity index (χ0) is 32.7. The molecule has 1 aliphatic rings. The Kier molecular flexibility index (Phi) is 7.93. The SMILES string of the molecule is COc1cccc2[nH]c(C(O)C(=O)Nc3c(C)[nH]c(/C=C4\C(=O)Nc5ccc(C(=O)N[C@H](C)c6ccc(F)cc6)cc54)c3C)cc12. The van der Waals surface area contributed by atoms with E-state index in [4.69, 9.17) is 4.74 Å². The van der Waals surface area contributed by atoms with E-state index in [1.165, 1.54) is 12.1 Å². The highest BCUT2D eigenvalue weighted by molar-refractivity contribution is 6.35. The van der Waals surface area contributed by atoms with Crippen LogP contribution in [0, 0.1) is 19.7 Å². The number of aliphatic hydroxyl groups is 1. The molecular weight excluding hydrogens is 589 g/mol. The number of H-pyrrole nitrogens is 2. The molecule has 2 atom stereocenters. The molecule has 0 spiro atoms. The molecule has 1 aliphatic heterocycles. The zero-order valence-electron chi connectivity index (χ0n) is 25.5. The lowest BCUT2D eigenvalue weighted by Crippen LogP contribution is -2.26. The number of carbonyl (C=O) groups excluding carboxylic acids is 3. The van der Waals surface area contributed by atoms with Gasteiger partial charge in [0.05, 0.1) is 30.1 Å². The average Bonchev–Trinajstić information content (AvgIpc) is 3.70. The highest BCUT2D eigenvalue weighted by Gasteiger charge is 2.27. The molecule has 0 saturated heterocycles. The molecule has 11 heteroatoms. The minimum absolute atomic E-state index is 0.316. The van der Waals surface area contributed by atoms with Crippen molar-refractivity contribution >= 4 is 51.6 Å². The van der Waals surface area contributed by atoms with E-state index in [9.17, 15) is 23.9 Å². The van der Waals surface area contributed by atoms with E-state index in [1.54, 1.807) is 76.4 Å². The van der Waals surface area contributed by atoms with Gasteiger partial charge in [-0.2, -0.15) is 0 Å². The molecule has 3 heterocycles. The van der Waals surface area contributed by atoms with Gasteiger partial charge in [0.15, 0.2) is 6.10 Å². The molecule has 6 rings (SSSR count). The molecule has 0 fully saturated rings. The number of anilines is 2. The van der Waals surface area contributed by atoms with E-state index >= 15 is 0 Å². The summed E-state index contributed by atoms with van der Waals surface area (Å²) in [7, 11) is 1.55. The molecule has 46 heavy (non-hydrogen) atoms. The van der Waals surface area contributed by atoms with E-state index in [-0.39, 0.29) is 23.7 Å². The van der Waals surface area contributed by atoms with Gasteiger partial charge in [-0.3, -0.25) is 14.4 Å². The third kappa shape index (κ3) is 5.64. The maximum atomic E-state index is 13.3. The van der Waals surface area contributed by atoms with Crippen LogP contribution in [0.4, 0.5) is 15.8 Å². The third-order valence-electron chi connectivity index (χ3n) is 8.20. The number of ether oxygens (including phenoxy) is 1. The van der Waals surface area contributed by atoms with Crippen molar-refractivity contribution < 1.29 is 28.6 Å². The Morgan fingerprint density at radius 1 is 1.02 bits per heavy atom. The van der Waals surface area contributed by atoms with E-state index in [2.05, 4.69) is 25.9 Å². The number of benzene rings is 3. The molecule has 10 nitrogen and oxygen atoms in total. The zero-order valence-corrected chi connectivity index (χ0v) is 25.5. The Labute approximate surface area is 263 Å². The standard InChI is InChI=1S/C35H32FN5O5/c1-17-28(37-19(3)31(17)41-35(45)32(42)29-16-25-26(39-29)6-5-7-30(25)46-4)15-24-23-14-21(10-13-27(23)40-34(24)44)33(43)38-18(2)20-8-11-22(36)12-9-20/h5-16,18,32,37,39,42H,1-4H3,(H,38,43)(H,40,44)(H,41,45)/b24-15-/t18-,32?/m1/s1. The number of hydrogen-bond acceptors (Lipinski definition) is 5. The van der Waals surface area contributed by atoms with Crippen LogP contribution < -0.4 is 20.7 Å². The van der Waals surface area contributed by atoms with Gasteiger partial charge in [-0.15, -0.1) is 0 Å². The Hall–Kier alpha value is -5.68. The number of aliphatic hydroxyl groups excluding tert-OH is 1. The van der Waals surface area contributed by atoms with Gasteiger partial charge in [0.2, 0.25) is 0 Å². The van der Waals surface area contributed by atoms with Gasteiger partial charge in [0.1, 0.15) is 11.6 Å². The van der Waals surface area contributed by atoms with E-state index in [1.807, 2.05) is 12.1 Å². The number of methoxy groups -OCH3 is 1. The van der Waals surface area contributed by atoms with E-state index in [0.717, 1.165) is 16.5 Å². The lowest BCUT2D eigenvalue weighted by atomic mass is 10.0. The summed E-state index contributed by atoms with van der Waals surface area (Å²) >= 11 is 0. The largest absolute Gasteiger partial charge is 0.496 e. The van der Waals surface area contributed by atoms with Crippen molar-refractivity contribution in [3.63, 3.8) is 0 Å². The molecule has 3 amide bonds. The van der Waals surface area contributed by atoms with E-state index < -0.39 is 12.0 Å². The summed E-state index contributed by atoms with van der Waals surface area (Å²) in [5.74, 6) is -1.06. The number of rotatable bonds is 8. The summed E-state index contributed by atoms with van der Waals surface area (Å²) in [5, 5.41) is 20.2. The van der Waals surface area contributed by atoms with Crippen LogP contribution in [0.15, 0.2) is 66.7 Å². The third-order valence-corrected chi connectivity index (χ3v) is 8.20. The summed E-state index contributed by atoms with van der Waals surface area (Å²) in [5.41, 5.74) is 5.94. The predicted octanol–water partition coefficient (Wildman–Crippen LogP) is 5.92. The fourth-order valence-corrected chi connectivity index (χ4v) is 5.64.